The van der Waals surface area contributed by atoms with Gasteiger partial charge < -0.3 is 5.32 Å². The van der Waals surface area contributed by atoms with Crippen LogP contribution in [0, 0.1) is 17.0 Å². The van der Waals surface area contributed by atoms with E-state index in [0.717, 1.165) is 0 Å². The van der Waals surface area contributed by atoms with Crippen molar-refractivity contribution >= 4 is 11.6 Å². The lowest BCUT2D eigenvalue weighted by Crippen LogP contribution is -2.32. The molecule has 0 radical (unpaired) electrons. The van der Waals surface area contributed by atoms with E-state index in [1.54, 1.807) is 26.1 Å². The summed E-state index contributed by atoms with van der Waals surface area (Å²) in [4.78, 5) is 34.3. The molecule has 8 heteroatoms. The second-order valence-corrected chi connectivity index (χ2v) is 4.75. The summed E-state index contributed by atoms with van der Waals surface area (Å²) in [6, 6.07) is 5.80. The van der Waals surface area contributed by atoms with E-state index >= 15 is 0 Å². The minimum absolute atomic E-state index is 0.0879. The van der Waals surface area contributed by atoms with Crippen molar-refractivity contribution in [3.63, 3.8) is 0 Å². The van der Waals surface area contributed by atoms with Gasteiger partial charge in [0.05, 0.1) is 10.6 Å². The quantitative estimate of drug-likeness (QED) is 0.657. The molecule has 1 N–H and O–H groups in total. The van der Waals surface area contributed by atoms with Crippen LogP contribution in [0.25, 0.3) is 5.69 Å². The van der Waals surface area contributed by atoms with Crippen LogP contribution >= 0.6 is 0 Å². The number of carbonyl (C=O) groups is 1. The average molecular weight is 304 g/mol. The first-order valence-electron chi connectivity index (χ1n) is 6.74. The predicted molar refractivity (Wildman–Crippen MR) is 80.1 cm³/mol. The van der Waals surface area contributed by atoms with Crippen molar-refractivity contribution in [2.24, 2.45) is 0 Å². The molecule has 22 heavy (non-hydrogen) atoms. The SMILES string of the molecule is CCNC(=O)Cn1cc(C)n(-c2cccc([N+](=O)[O-])c2)c1=O. The largest absolute Gasteiger partial charge is 0.355 e. The number of nitrogens with zero attached hydrogens (tertiary/aromatic N) is 3. The molecule has 1 heterocycles. The number of likely N-dealkylation sites (N-methyl/N-ethyl adjacent to an activating group) is 1. The van der Waals surface area contributed by atoms with E-state index < -0.39 is 10.6 Å². The zero-order valence-electron chi connectivity index (χ0n) is 12.3. The Bertz CT molecular complexity index is 775. The van der Waals surface area contributed by atoms with Crippen LogP contribution in [0.15, 0.2) is 35.3 Å². The maximum atomic E-state index is 12.4. The van der Waals surface area contributed by atoms with Gasteiger partial charge in [-0.25, -0.2) is 4.79 Å². The van der Waals surface area contributed by atoms with Gasteiger partial charge in [-0.05, 0) is 19.9 Å². The summed E-state index contributed by atoms with van der Waals surface area (Å²) in [5, 5.41) is 13.5. The van der Waals surface area contributed by atoms with Crippen molar-refractivity contribution in [3.8, 4) is 5.69 Å². The fourth-order valence-electron chi connectivity index (χ4n) is 2.20. The highest BCUT2D eigenvalue weighted by Crippen LogP contribution is 2.16. The van der Waals surface area contributed by atoms with E-state index in [1.807, 2.05) is 0 Å². The molecule has 0 bridgehead atoms. The summed E-state index contributed by atoms with van der Waals surface area (Å²) in [7, 11) is 0. The molecule has 0 aliphatic rings. The van der Waals surface area contributed by atoms with E-state index in [2.05, 4.69) is 5.32 Å². The van der Waals surface area contributed by atoms with Crippen LogP contribution in [0.2, 0.25) is 0 Å². The highest BCUT2D eigenvalue weighted by Gasteiger charge is 2.14. The van der Waals surface area contributed by atoms with Gasteiger partial charge in [-0.2, -0.15) is 0 Å². The molecule has 0 saturated carbocycles. The van der Waals surface area contributed by atoms with Gasteiger partial charge in [0.1, 0.15) is 6.54 Å². The Kier molecular flexibility index (Phi) is 4.40. The number of carbonyl (C=O) groups excluding carboxylic acids is 1. The van der Waals surface area contributed by atoms with Crippen LogP contribution in [-0.2, 0) is 11.3 Å². The smallest absolute Gasteiger partial charge is 0.333 e. The van der Waals surface area contributed by atoms with Gasteiger partial charge in [-0.1, -0.05) is 6.07 Å². The van der Waals surface area contributed by atoms with E-state index in [4.69, 9.17) is 0 Å². The number of amides is 1. The van der Waals surface area contributed by atoms with Crippen molar-refractivity contribution in [1.82, 2.24) is 14.5 Å². The van der Waals surface area contributed by atoms with Gasteiger partial charge in [0.15, 0.2) is 0 Å². The fourth-order valence-corrected chi connectivity index (χ4v) is 2.20. The van der Waals surface area contributed by atoms with Crippen LogP contribution in [0.3, 0.4) is 0 Å². The third-order valence-corrected chi connectivity index (χ3v) is 3.12. The molecule has 116 valence electrons. The van der Waals surface area contributed by atoms with Gasteiger partial charge in [0.2, 0.25) is 5.91 Å². The number of rotatable bonds is 5. The number of non-ortho nitro benzene ring substituents is 1. The first kappa shape index (κ1) is 15.5. The molecule has 2 aromatic rings. The maximum absolute atomic E-state index is 12.4. The Morgan fingerprint density at radius 1 is 1.41 bits per heavy atom. The summed E-state index contributed by atoms with van der Waals surface area (Å²) in [6.07, 6.45) is 1.55. The number of nitrogens with one attached hydrogen (secondary N) is 1. The molecular weight excluding hydrogens is 288 g/mol. The Morgan fingerprint density at radius 2 is 2.14 bits per heavy atom. The third-order valence-electron chi connectivity index (χ3n) is 3.12. The summed E-state index contributed by atoms with van der Waals surface area (Å²) in [5.74, 6) is -0.263. The Morgan fingerprint density at radius 3 is 2.77 bits per heavy atom. The molecule has 0 unspecified atom stereocenters. The van der Waals surface area contributed by atoms with Gasteiger partial charge >= 0.3 is 5.69 Å². The number of nitro groups is 1. The van der Waals surface area contributed by atoms with Crippen LogP contribution < -0.4 is 11.0 Å². The summed E-state index contributed by atoms with van der Waals surface area (Å²) in [6.45, 7) is 3.89. The van der Waals surface area contributed by atoms with Crippen molar-refractivity contribution in [1.29, 1.82) is 0 Å². The molecule has 0 spiro atoms. The van der Waals surface area contributed by atoms with Gasteiger partial charge in [0, 0.05) is 30.6 Å². The minimum atomic E-state index is -0.518. The Balaban J connectivity index is 2.43. The number of hydrogen-bond acceptors (Lipinski definition) is 4. The normalized spacial score (nSPS) is 10.5. The van der Waals surface area contributed by atoms with E-state index in [0.29, 0.717) is 17.9 Å². The standard InChI is InChI=1S/C14H16N4O4/c1-3-15-13(19)9-16-8-10(2)17(14(16)20)11-5-4-6-12(7-11)18(21)22/h4-8H,3,9H2,1-2H3,(H,15,19). The predicted octanol–water partition coefficient (Wildman–Crippen LogP) is 0.992. The van der Waals surface area contributed by atoms with E-state index in [9.17, 15) is 19.7 Å². The first-order chi connectivity index (χ1) is 10.4. The zero-order chi connectivity index (χ0) is 16.3. The van der Waals surface area contributed by atoms with E-state index in [1.165, 1.54) is 27.3 Å². The molecule has 0 atom stereocenters. The molecule has 2 rings (SSSR count). The lowest BCUT2D eigenvalue weighted by molar-refractivity contribution is -0.384. The van der Waals surface area contributed by atoms with Gasteiger partial charge in [-0.3, -0.25) is 24.0 Å². The van der Waals surface area contributed by atoms with Gasteiger partial charge in [0.25, 0.3) is 5.69 Å². The topological polar surface area (TPSA) is 99.2 Å². The molecule has 0 aliphatic heterocycles. The van der Waals surface area contributed by atoms with E-state index in [-0.39, 0.29) is 18.1 Å². The Hall–Kier alpha value is -2.90. The number of imidazole rings is 1. The number of nitro benzene ring substituents is 1. The molecule has 8 nitrogen and oxygen atoms in total. The highest BCUT2D eigenvalue weighted by atomic mass is 16.6. The van der Waals surface area contributed by atoms with Crippen molar-refractivity contribution in [3.05, 3.63) is 56.8 Å². The monoisotopic (exact) mass is 304 g/mol. The van der Waals surface area contributed by atoms with Crippen LogP contribution in [-0.4, -0.2) is 26.5 Å². The number of benzene rings is 1. The number of aromatic nitrogens is 2. The van der Waals surface area contributed by atoms with Gasteiger partial charge in [-0.15, -0.1) is 0 Å². The average Bonchev–Trinajstić information content (AvgIpc) is 2.73. The number of hydrogen-bond donors (Lipinski definition) is 1. The molecule has 0 aliphatic carbocycles. The molecule has 0 saturated heterocycles. The number of aryl methyl sites for hydroxylation is 1. The summed E-state index contributed by atoms with van der Waals surface area (Å²) >= 11 is 0. The van der Waals surface area contributed by atoms with Crippen LogP contribution in [0.1, 0.15) is 12.6 Å². The van der Waals surface area contributed by atoms with Crippen molar-refractivity contribution < 1.29 is 9.72 Å². The maximum Gasteiger partial charge on any atom is 0.333 e. The zero-order valence-corrected chi connectivity index (χ0v) is 12.3. The highest BCUT2D eigenvalue weighted by molar-refractivity contribution is 5.75. The molecule has 0 fully saturated rings. The molecular formula is C14H16N4O4. The lowest BCUT2D eigenvalue weighted by atomic mass is 10.3. The minimum Gasteiger partial charge on any atom is -0.355 e. The fraction of sp³-hybridized carbons (Fsp3) is 0.286. The Labute approximate surface area is 126 Å². The first-order valence-corrected chi connectivity index (χ1v) is 6.74. The molecule has 1 aromatic carbocycles. The van der Waals surface area contributed by atoms with Crippen molar-refractivity contribution in [2.45, 2.75) is 20.4 Å². The van der Waals surface area contributed by atoms with Crippen molar-refractivity contribution in [2.75, 3.05) is 6.54 Å². The second kappa shape index (κ2) is 6.25. The second-order valence-electron chi connectivity index (χ2n) is 4.75. The summed E-state index contributed by atoms with van der Waals surface area (Å²) < 4.78 is 2.62. The third kappa shape index (κ3) is 3.05. The molecule has 1 aromatic heterocycles. The lowest BCUT2D eigenvalue weighted by Gasteiger charge is -2.04. The van der Waals surface area contributed by atoms with Crippen LogP contribution in [0.4, 0.5) is 5.69 Å². The molecule has 1 amide bonds. The summed E-state index contributed by atoms with van der Waals surface area (Å²) in [5.41, 5.74) is 0.477. The van der Waals surface area contributed by atoms with Crippen LogP contribution in [0.5, 0.6) is 0 Å².